The van der Waals surface area contributed by atoms with Gasteiger partial charge in [-0.3, -0.25) is 24.3 Å². The van der Waals surface area contributed by atoms with Gasteiger partial charge in [0.05, 0.1) is 17.9 Å². The van der Waals surface area contributed by atoms with E-state index in [0.717, 1.165) is 5.56 Å². The zero-order chi connectivity index (χ0) is 27.6. The van der Waals surface area contributed by atoms with Gasteiger partial charge in [0.25, 0.3) is 11.7 Å². The molecule has 1 unspecified atom stereocenters. The predicted octanol–water partition coefficient (Wildman–Crippen LogP) is 5.36. The molecule has 8 nitrogen and oxygen atoms in total. The number of aliphatic hydroxyl groups excluding tert-OH is 1. The summed E-state index contributed by atoms with van der Waals surface area (Å²) in [5.74, 6) is -1.41. The van der Waals surface area contributed by atoms with E-state index in [2.05, 4.69) is 10.3 Å². The van der Waals surface area contributed by atoms with E-state index < -0.39 is 17.7 Å². The van der Waals surface area contributed by atoms with Crippen LogP contribution in [0.15, 0.2) is 72.4 Å². The Morgan fingerprint density at radius 2 is 1.79 bits per heavy atom. The van der Waals surface area contributed by atoms with Crippen LogP contribution in [0.3, 0.4) is 0 Å². The lowest BCUT2D eigenvalue weighted by Crippen LogP contribution is -2.29. The summed E-state index contributed by atoms with van der Waals surface area (Å²) in [7, 11) is 0. The molecule has 0 aliphatic carbocycles. The summed E-state index contributed by atoms with van der Waals surface area (Å²) >= 11 is 0. The van der Waals surface area contributed by atoms with Crippen LogP contribution >= 0.6 is 0 Å². The van der Waals surface area contributed by atoms with Gasteiger partial charge >= 0.3 is 0 Å². The Morgan fingerprint density at radius 1 is 1.08 bits per heavy atom. The molecule has 1 fully saturated rings. The van der Waals surface area contributed by atoms with E-state index in [1.165, 1.54) is 11.8 Å². The summed E-state index contributed by atoms with van der Waals surface area (Å²) in [6.45, 7) is 9.89. The molecule has 0 bridgehead atoms. The number of nitrogens with one attached hydrogen (secondary N) is 1. The molecular weight excluding hydrogens is 482 g/mol. The third kappa shape index (κ3) is 5.16. The first kappa shape index (κ1) is 26.6. The molecule has 4 rings (SSSR count). The summed E-state index contributed by atoms with van der Waals surface area (Å²) in [5, 5.41) is 14.2. The van der Waals surface area contributed by atoms with Gasteiger partial charge in [0.1, 0.15) is 17.6 Å². The van der Waals surface area contributed by atoms with Gasteiger partial charge in [-0.2, -0.15) is 0 Å². The van der Waals surface area contributed by atoms with E-state index >= 15 is 0 Å². The van der Waals surface area contributed by atoms with Gasteiger partial charge < -0.3 is 15.2 Å². The number of rotatable bonds is 6. The van der Waals surface area contributed by atoms with Crippen LogP contribution in [0.2, 0.25) is 0 Å². The molecule has 0 saturated carbocycles. The normalized spacial score (nSPS) is 17.0. The zero-order valence-corrected chi connectivity index (χ0v) is 22.1. The Balaban J connectivity index is 1.88. The zero-order valence-electron chi connectivity index (χ0n) is 22.1. The Kier molecular flexibility index (Phi) is 7.35. The SMILES string of the molecule is CCOc1ccc(/C(O)=C2/C(=O)C(=O)N(c3ccc(NC(C)=O)cc3)C2c2ccccn2)cc1C(C)(C)C. The maximum absolute atomic E-state index is 13.4. The van der Waals surface area contributed by atoms with Crippen molar-refractivity contribution in [1.29, 1.82) is 0 Å². The molecule has 2 heterocycles. The highest BCUT2D eigenvalue weighted by atomic mass is 16.5. The standard InChI is InChI=1S/C30H31N3O5/c1-6-38-24-15-10-19(17-22(24)30(3,4)5)27(35)25-26(23-9-7-8-16-31-23)33(29(37)28(25)36)21-13-11-20(12-14-21)32-18(2)34/h7-17,26,35H,6H2,1-5H3,(H,32,34)/b27-25-. The molecule has 3 aromatic rings. The maximum atomic E-state index is 13.4. The molecule has 2 N–H and O–H groups in total. The summed E-state index contributed by atoms with van der Waals surface area (Å²) in [6, 6.07) is 16.1. The second-order valence-electron chi connectivity index (χ2n) is 10.0. The van der Waals surface area contributed by atoms with Gasteiger partial charge in [0.15, 0.2) is 0 Å². The fourth-order valence-corrected chi connectivity index (χ4v) is 4.53. The van der Waals surface area contributed by atoms with E-state index in [-0.39, 0.29) is 22.7 Å². The van der Waals surface area contributed by atoms with Crippen LogP contribution in [0.4, 0.5) is 11.4 Å². The topological polar surface area (TPSA) is 109 Å². The van der Waals surface area contributed by atoms with Gasteiger partial charge in [-0.15, -0.1) is 0 Å². The Bertz CT molecular complexity index is 1410. The maximum Gasteiger partial charge on any atom is 0.300 e. The monoisotopic (exact) mass is 513 g/mol. The van der Waals surface area contributed by atoms with E-state index in [4.69, 9.17) is 4.74 Å². The average molecular weight is 514 g/mol. The molecule has 1 aromatic heterocycles. The fraction of sp³-hybridized carbons (Fsp3) is 0.267. The van der Waals surface area contributed by atoms with Crippen LogP contribution in [0, 0.1) is 0 Å². The molecule has 2 aromatic carbocycles. The van der Waals surface area contributed by atoms with Crippen LogP contribution in [0.5, 0.6) is 5.75 Å². The van der Waals surface area contributed by atoms with Gasteiger partial charge in [0.2, 0.25) is 5.91 Å². The number of anilines is 2. The first-order chi connectivity index (χ1) is 18.0. The molecule has 1 saturated heterocycles. The summed E-state index contributed by atoms with van der Waals surface area (Å²) in [6.07, 6.45) is 1.57. The smallest absolute Gasteiger partial charge is 0.300 e. The number of pyridine rings is 1. The second kappa shape index (κ2) is 10.5. The van der Waals surface area contributed by atoms with Crippen molar-refractivity contribution in [3.63, 3.8) is 0 Å². The van der Waals surface area contributed by atoms with Crippen molar-refractivity contribution in [1.82, 2.24) is 4.98 Å². The van der Waals surface area contributed by atoms with Crippen LogP contribution in [0.1, 0.15) is 57.5 Å². The van der Waals surface area contributed by atoms with Crippen molar-refractivity contribution in [2.24, 2.45) is 0 Å². The number of carbonyl (C=O) groups is 3. The molecule has 1 atom stereocenters. The fourth-order valence-electron chi connectivity index (χ4n) is 4.53. The van der Waals surface area contributed by atoms with Crippen molar-refractivity contribution in [3.8, 4) is 5.75 Å². The molecule has 8 heteroatoms. The number of ether oxygens (including phenoxy) is 1. The third-order valence-electron chi connectivity index (χ3n) is 6.24. The molecule has 0 spiro atoms. The molecule has 196 valence electrons. The number of hydrogen-bond acceptors (Lipinski definition) is 6. The molecular formula is C30H31N3O5. The van der Waals surface area contributed by atoms with Gasteiger partial charge in [-0.25, -0.2) is 0 Å². The van der Waals surface area contributed by atoms with Gasteiger partial charge in [-0.05, 0) is 66.9 Å². The highest BCUT2D eigenvalue weighted by molar-refractivity contribution is 6.51. The van der Waals surface area contributed by atoms with Gasteiger partial charge in [0, 0.05) is 35.6 Å². The summed E-state index contributed by atoms with van der Waals surface area (Å²) in [4.78, 5) is 44.0. The first-order valence-corrected chi connectivity index (χ1v) is 12.4. The van der Waals surface area contributed by atoms with Crippen LogP contribution in [0.25, 0.3) is 5.76 Å². The molecule has 2 amide bonds. The van der Waals surface area contributed by atoms with Crippen LogP contribution in [-0.4, -0.2) is 34.3 Å². The second-order valence-corrected chi connectivity index (χ2v) is 10.0. The lowest BCUT2D eigenvalue weighted by molar-refractivity contribution is -0.132. The largest absolute Gasteiger partial charge is 0.507 e. The van der Waals surface area contributed by atoms with Crippen LogP contribution in [-0.2, 0) is 19.8 Å². The molecule has 38 heavy (non-hydrogen) atoms. The average Bonchev–Trinajstić information content (AvgIpc) is 3.14. The quantitative estimate of drug-likeness (QED) is 0.261. The number of aliphatic hydroxyl groups is 1. The number of benzene rings is 2. The number of aromatic nitrogens is 1. The highest BCUT2D eigenvalue weighted by Crippen LogP contribution is 2.42. The molecule has 1 aliphatic rings. The Morgan fingerprint density at radius 3 is 2.37 bits per heavy atom. The Hall–Kier alpha value is -4.46. The Labute approximate surface area is 222 Å². The highest BCUT2D eigenvalue weighted by Gasteiger charge is 2.47. The lowest BCUT2D eigenvalue weighted by atomic mass is 9.84. The number of ketones is 1. The van der Waals surface area contributed by atoms with Crippen molar-refractivity contribution < 1.29 is 24.2 Å². The van der Waals surface area contributed by atoms with E-state index in [9.17, 15) is 19.5 Å². The van der Waals surface area contributed by atoms with Gasteiger partial charge in [-0.1, -0.05) is 26.8 Å². The summed E-state index contributed by atoms with van der Waals surface area (Å²) in [5.41, 5.74) is 2.32. The number of carbonyl (C=O) groups excluding carboxylic acids is 3. The number of nitrogens with zero attached hydrogens (tertiary/aromatic N) is 2. The van der Waals surface area contributed by atoms with E-state index in [1.807, 2.05) is 27.7 Å². The first-order valence-electron chi connectivity index (χ1n) is 12.4. The number of hydrogen-bond donors (Lipinski definition) is 2. The number of amides is 2. The molecule has 1 aliphatic heterocycles. The predicted molar refractivity (Wildman–Crippen MR) is 146 cm³/mol. The minimum atomic E-state index is -0.951. The summed E-state index contributed by atoms with van der Waals surface area (Å²) < 4.78 is 5.80. The third-order valence-corrected chi connectivity index (χ3v) is 6.24. The molecule has 0 radical (unpaired) electrons. The van der Waals surface area contributed by atoms with Crippen molar-refractivity contribution in [2.45, 2.75) is 46.1 Å². The van der Waals surface area contributed by atoms with Crippen molar-refractivity contribution in [2.75, 3.05) is 16.8 Å². The van der Waals surface area contributed by atoms with Crippen molar-refractivity contribution >= 4 is 34.7 Å². The lowest BCUT2D eigenvalue weighted by Gasteiger charge is -2.25. The minimum Gasteiger partial charge on any atom is -0.507 e. The van der Waals surface area contributed by atoms with E-state index in [1.54, 1.807) is 66.9 Å². The number of Topliss-reactive ketones (excluding diaryl/α,β-unsaturated/α-hetero) is 1. The minimum absolute atomic E-state index is 0.0522. The van der Waals surface area contributed by atoms with Crippen LogP contribution < -0.4 is 15.0 Å². The van der Waals surface area contributed by atoms with Crippen molar-refractivity contribution in [3.05, 3.63) is 89.3 Å². The van der Waals surface area contributed by atoms with E-state index in [0.29, 0.717) is 35.0 Å².